The van der Waals surface area contributed by atoms with Gasteiger partial charge in [-0.25, -0.2) is 19.0 Å². The first-order valence-corrected chi connectivity index (χ1v) is 14.7. The number of amides is 1. The fraction of sp³-hybridized carbons (Fsp3) is 0.680. The van der Waals surface area contributed by atoms with Gasteiger partial charge < -0.3 is 29.5 Å². The lowest BCUT2D eigenvalue weighted by Crippen LogP contribution is -2.48. The number of carbonyl (C=O) groups is 2. The number of aliphatic hydroxyl groups is 2. The summed E-state index contributed by atoms with van der Waals surface area (Å²) >= 11 is 0. The van der Waals surface area contributed by atoms with E-state index >= 15 is 0 Å². The monoisotopic (exact) mass is 587 g/mol. The van der Waals surface area contributed by atoms with Crippen LogP contribution in [0.3, 0.4) is 0 Å². The van der Waals surface area contributed by atoms with E-state index < -0.39 is 57.4 Å². The van der Waals surface area contributed by atoms with Crippen molar-refractivity contribution < 1.29 is 42.8 Å². The number of nitrogens with zero attached hydrogens (tertiary/aromatic N) is 3. The summed E-state index contributed by atoms with van der Waals surface area (Å²) < 4.78 is 44.6. The molecular weight excluding hydrogens is 548 g/mol. The van der Waals surface area contributed by atoms with Crippen molar-refractivity contribution >= 4 is 31.4 Å². The molecule has 1 fully saturated rings. The molecule has 3 rings (SSSR count). The first-order valence-electron chi connectivity index (χ1n) is 13.4. The molecule has 1 saturated heterocycles. The van der Waals surface area contributed by atoms with Crippen LogP contribution in [-0.2, 0) is 28.2 Å². The van der Waals surface area contributed by atoms with Crippen molar-refractivity contribution in [3.63, 3.8) is 0 Å². The van der Waals surface area contributed by atoms with E-state index in [2.05, 4.69) is 20.5 Å². The Kier molecular flexibility index (Phi) is 11.6. The third-order valence-corrected chi connectivity index (χ3v) is 8.09. The molecule has 1 aliphatic rings. The highest BCUT2D eigenvalue weighted by molar-refractivity contribution is 7.36. The summed E-state index contributed by atoms with van der Waals surface area (Å²) in [6, 6.07) is 2.19. The number of hydrogen-bond acceptors (Lipinski definition) is 10. The van der Waals surface area contributed by atoms with Gasteiger partial charge in [0.05, 0.1) is 18.9 Å². The number of halogens is 1. The molecule has 1 amide bonds. The summed E-state index contributed by atoms with van der Waals surface area (Å²) in [5.74, 6) is -0.367. The lowest BCUT2D eigenvalue weighted by Gasteiger charge is -2.28. The van der Waals surface area contributed by atoms with E-state index in [1.807, 2.05) is 20.8 Å². The molecule has 4 N–H and O–H groups in total. The van der Waals surface area contributed by atoms with Crippen LogP contribution >= 0.6 is 8.18 Å². The second kappa shape index (κ2) is 14.4. The van der Waals surface area contributed by atoms with E-state index in [0.717, 1.165) is 12.8 Å². The van der Waals surface area contributed by atoms with Gasteiger partial charge in [0.1, 0.15) is 48.5 Å². The molecule has 2 aromatic heterocycles. The summed E-state index contributed by atoms with van der Waals surface area (Å²) in [6.07, 6.45) is -0.694. The van der Waals surface area contributed by atoms with Crippen LogP contribution in [0.15, 0.2) is 18.5 Å². The first kappa shape index (κ1) is 32.0. The van der Waals surface area contributed by atoms with Crippen molar-refractivity contribution in [2.45, 2.75) is 83.3 Å². The van der Waals surface area contributed by atoms with E-state index in [4.69, 9.17) is 14.0 Å². The number of esters is 1. The smallest absolute Gasteiger partial charge is 0.323 e. The van der Waals surface area contributed by atoms with Crippen LogP contribution in [0.25, 0.3) is 5.52 Å². The van der Waals surface area contributed by atoms with Crippen LogP contribution in [0.4, 0.5) is 10.2 Å². The van der Waals surface area contributed by atoms with Crippen LogP contribution in [0.2, 0.25) is 0 Å². The van der Waals surface area contributed by atoms with Crippen molar-refractivity contribution in [3.8, 4) is 0 Å². The van der Waals surface area contributed by atoms with Crippen LogP contribution in [-0.4, -0.2) is 80.4 Å². The van der Waals surface area contributed by atoms with Crippen molar-refractivity contribution in [1.82, 2.24) is 19.7 Å². The quantitative estimate of drug-likeness (QED) is 0.178. The van der Waals surface area contributed by atoms with E-state index in [-0.39, 0.29) is 29.9 Å². The Bertz CT molecular complexity index is 1180. The summed E-state index contributed by atoms with van der Waals surface area (Å²) in [6.45, 7) is 5.63. The summed E-state index contributed by atoms with van der Waals surface area (Å²) in [5, 5.41) is 30.9. The number of aromatic nitrogens is 3. The predicted octanol–water partition coefficient (Wildman–Crippen LogP) is 2.33. The Balaban J connectivity index is 1.67. The standard InChI is InChI=1S/C25H39FN5O8P/c1-5-8-19(32)29-23-18-10-9-17(31(18)28-14-27-23)21-20(33)22(34)25(12-26,39-21)13-38-40(36)30-15(4)24(35)37-11-16(6-2)7-3/h9-10,14-16,20-22,33-34,40H,5-8,11-13H2,1-4H3,(H,30,36)(H,27,28,29,32)/t15-,20-,21-,22-,25+/m0/s1. The van der Waals surface area contributed by atoms with Gasteiger partial charge >= 0.3 is 5.97 Å². The van der Waals surface area contributed by atoms with Gasteiger partial charge in [-0.05, 0) is 31.4 Å². The molecule has 2 aromatic rings. The van der Waals surface area contributed by atoms with Gasteiger partial charge in [0, 0.05) is 6.42 Å². The minimum atomic E-state index is -3.09. The lowest BCUT2D eigenvalue weighted by atomic mass is 9.96. The third-order valence-electron chi connectivity index (χ3n) is 7.02. The molecule has 224 valence electrons. The maximum absolute atomic E-state index is 14.3. The molecule has 0 saturated carbocycles. The highest BCUT2D eigenvalue weighted by Crippen LogP contribution is 2.42. The molecule has 0 spiro atoms. The van der Waals surface area contributed by atoms with Crippen molar-refractivity contribution in [2.75, 3.05) is 25.2 Å². The maximum atomic E-state index is 14.3. The maximum Gasteiger partial charge on any atom is 0.323 e. The van der Waals surface area contributed by atoms with Crippen LogP contribution in [0.5, 0.6) is 0 Å². The van der Waals surface area contributed by atoms with Crippen LogP contribution < -0.4 is 10.4 Å². The first-order chi connectivity index (χ1) is 19.1. The molecular formula is C25H39FN5O8P. The largest absolute Gasteiger partial charge is 0.464 e. The minimum Gasteiger partial charge on any atom is -0.464 e. The number of aliphatic hydroxyl groups excluding tert-OH is 2. The van der Waals surface area contributed by atoms with Gasteiger partial charge in [0.15, 0.2) is 5.82 Å². The van der Waals surface area contributed by atoms with Crippen molar-refractivity contribution in [2.24, 2.45) is 5.92 Å². The highest BCUT2D eigenvalue weighted by Gasteiger charge is 2.56. The van der Waals surface area contributed by atoms with Crippen molar-refractivity contribution in [3.05, 3.63) is 24.2 Å². The molecule has 3 heterocycles. The average Bonchev–Trinajstić information content (AvgIpc) is 3.48. The fourth-order valence-corrected chi connectivity index (χ4v) is 5.30. The third kappa shape index (κ3) is 7.23. The molecule has 0 bridgehead atoms. The number of hydrogen-bond donors (Lipinski definition) is 4. The normalized spacial score (nSPS) is 24.4. The Hall–Kier alpha value is -2.48. The van der Waals surface area contributed by atoms with Crippen molar-refractivity contribution in [1.29, 1.82) is 0 Å². The summed E-state index contributed by atoms with van der Waals surface area (Å²) in [7, 11) is -3.09. The zero-order valence-electron chi connectivity index (χ0n) is 23.1. The van der Waals surface area contributed by atoms with Crippen LogP contribution in [0.1, 0.15) is 65.2 Å². The number of fused-ring (bicyclic) bond motifs is 1. The fourth-order valence-electron chi connectivity index (χ4n) is 4.37. The Morgan fingerprint density at radius 2 is 2.00 bits per heavy atom. The minimum absolute atomic E-state index is 0.227. The Morgan fingerprint density at radius 1 is 1.27 bits per heavy atom. The van der Waals surface area contributed by atoms with E-state index in [1.165, 1.54) is 17.8 Å². The molecule has 0 aliphatic carbocycles. The molecule has 13 nitrogen and oxygen atoms in total. The summed E-state index contributed by atoms with van der Waals surface area (Å²) in [4.78, 5) is 28.4. The summed E-state index contributed by atoms with van der Waals surface area (Å²) in [5.41, 5.74) is -1.37. The number of anilines is 1. The van der Waals surface area contributed by atoms with Gasteiger partial charge in [-0.1, -0.05) is 33.6 Å². The number of alkyl halides is 1. The topological polar surface area (TPSA) is 174 Å². The van der Waals surface area contributed by atoms with Gasteiger partial charge in [-0.3, -0.25) is 14.2 Å². The molecule has 1 unspecified atom stereocenters. The Morgan fingerprint density at radius 3 is 2.65 bits per heavy atom. The lowest BCUT2D eigenvalue weighted by molar-refractivity contribution is -0.146. The number of carbonyl (C=O) groups excluding carboxylic acids is 2. The van der Waals surface area contributed by atoms with Gasteiger partial charge in [-0.2, -0.15) is 5.10 Å². The SMILES string of the molecule is CCCC(=O)Nc1ncnn2c([C@@H]3O[C@](CF)(CO[PH](=O)N[C@@H](C)C(=O)OCC(CC)CC)[C@@H](O)[C@H]3O)ccc12. The zero-order valence-corrected chi connectivity index (χ0v) is 24.1. The predicted molar refractivity (Wildman–Crippen MR) is 144 cm³/mol. The second-order valence-electron chi connectivity index (χ2n) is 9.89. The highest BCUT2D eigenvalue weighted by atomic mass is 31.1. The second-order valence-corrected chi connectivity index (χ2v) is 11.0. The van der Waals surface area contributed by atoms with Gasteiger partial charge in [0.2, 0.25) is 5.91 Å². The van der Waals surface area contributed by atoms with Gasteiger partial charge in [0.25, 0.3) is 8.18 Å². The molecule has 0 radical (unpaired) electrons. The molecule has 1 aliphatic heterocycles. The molecule has 40 heavy (non-hydrogen) atoms. The zero-order chi connectivity index (χ0) is 29.4. The van der Waals surface area contributed by atoms with E-state index in [9.17, 15) is 28.8 Å². The molecule has 15 heteroatoms. The van der Waals surface area contributed by atoms with Crippen LogP contribution in [0, 0.1) is 5.92 Å². The number of rotatable bonds is 15. The van der Waals surface area contributed by atoms with E-state index in [1.54, 1.807) is 12.1 Å². The van der Waals surface area contributed by atoms with Gasteiger partial charge in [-0.15, -0.1) is 0 Å². The number of nitrogens with one attached hydrogen (secondary N) is 2. The molecule has 0 aromatic carbocycles. The Labute approximate surface area is 232 Å². The van der Waals surface area contributed by atoms with E-state index in [0.29, 0.717) is 18.4 Å². The molecule has 6 atom stereocenters. The average molecular weight is 588 g/mol. The number of ether oxygens (including phenoxy) is 2.